The third-order valence-corrected chi connectivity index (χ3v) is 6.19. The lowest BCUT2D eigenvalue weighted by Gasteiger charge is -2.18. The van der Waals surface area contributed by atoms with Crippen LogP contribution in [0.3, 0.4) is 0 Å². The van der Waals surface area contributed by atoms with E-state index < -0.39 is 0 Å². The highest BCUT2D eigenvalue weighted by atomic mass is 32.1. The van der Waals surface area contributed by atoms with Gasteiger partial charge >= 0.3 is 0 Å². The summed E-state index contributed by atoms with van der Waals surface area (Å²) in [4.78, 5) is 24.5. The number of aryl methyl sites for hydroxylation is 1. The van der Waals surface area contributed by atoms with Crippen molar-refractivity contribution in [1.29, 1.82) is 0 Å². The SMILES string of the molecule is C=CC(=O)N1CCC=C(c2nc(Nc3ncc(C)s3)cc3c2ccn3C(C)C)CC1. The van der Waals surface area contributed by atoms with E-state index >= 15 is 0 Å². The van der Waals surface area contributed by atoms with Gasteiger partial charge in [0.15, 0.2) is 5.13 Å². The number of hydrogen-bond donors (Lipinski definition) is 1. The molecule has 1 N–H and O–H groups in total. The lowest BCUT2D eigenvalue weighted by Crippen LogP contribution is -2.30. The van der Waals surface area contributed by atoms with Crippen LogP contribution in [0.4, 0.5) is 10.9 Å². The van der Waals surface area contributed by atoms with Crippen molar-refractivity contribution in [2.45, 2.75) is 39.7 Å². The Morgan fingerprint density at radius 2 is 2.20 bits per heavy atom. The molecule has 0 atom stereocenters. The number of amides is 1. The molecule has 1 amide bonds. The molecule has 4 heterocycles. The minimum Gasteiger partial charge on any atom is -0.345 e. The Labute approximate surface area is 180 Å². The molecule has 3 aromatic rings. The minimum absolute atomic E-state index is 0.0109. The number of fused-ring (bicyclic) bond motifs is 1. The lowest BCUT2D eigenvalue weighted by atomic mass is 10.0. The average molecular weight is 422 g/mol. The highest BCUT2D eigenvalue weighted by Crippen LogP contribution is 2.33. The molecule has 0 bridgehead atoms. The van der Waals surface area contributed by atoms with Crippen molar-refractivity contribution >= 4 is 44.7 Å². The maximum absolute atomic E-state index is 12.1. The number of hydrogen-bond acceptors (Lipinski definition) is 5. The molecule has 156 valence electrons. The van der Waals surface area contributed by atoms with Crippen LogP contribution < -0.4 is 5.32 Å². The van der Waals surface area contributed by atoms with E-state index in [1.54, 1.807) is 11.3 Å². The molecule has 1 aliphatic rings. The first kappa shape index (κ1) is 20.3. The van der Waals surface area contributed by atoms with Gasteiger partial charge in [0.25, 0.3) is 0 Å². The molecule has 3 aromatic heterocycles. The zero-order valence-corrected chi connectivity index (χ0v) is 18.5. The van der Waals surface area contributed by atoms with Gasteiger partial charge in [-0.15, -0.1) is 11.3 Å². The number of thiazole rings is 1. The standard InChI is InChI=1S/C23H27N5OS/c1-5-21(29)27-10-6-7-17(8-11-27)22-18-9-12-28(15(2)3)19(18)13-20(25-22)26-23-24-14-16(4)30-23/h5,7,9,12-15H,1,6,8,10-11H2,2-4H3,(H,24,25,26). The number of rotatable bonds is 5. The first-order chi connectivity index (χ1) is 14.5. The summed E-state index contributed by atoms with van der Waals surface area (Å²) in [6, 6.07) is 4.59. The van der Waals surface area contributed by atoms with E-state index in [2.05, 4.69) is 59.7 Å². The summed E-state index contributed by atoms with van der Waals surface area (Å²) < 4.78 is 2.27. The van der Waals surface area contributed by atoms with Crippen molar-refractivity contribution in [3.63, 3.8) is 0 Å². The molecule has 0 aromatic carbocycles. The van der Waals surface area contributed by atoms with Crippen LogP contribution in [0.25, 0.3) is 16.5 Å². The predicted molar refractivity (Wildman–Crippen MR) is 124 cm³/mol. The Morgan fingerprint density at radius 1 is 1.37 bits per heavy atom. The Hall–Kier alpha value is -2.93. The molecule has 0 aliphatic carbocycles. The third-order valence-electron chi connectivity index (χ3n) is 5.36. The summed E-state index contributed by atoms with van der Waals surface area (Å²) in [5.74, 6) is 0.778. The molecule has 7 heteroatoms. The number of nitrogens with zero attached hydrogens (tertiary/aromatic N) is 4. The number of carbonyl (C=O) groups is 1. The summed E-state index contributed by atoms with van der Waals surface area (Å²) in [6.45, 7) is 11.4. The summed E-state index contributed by atoms with van der Waals surface area (Å²) in [5.41, 5.74) is 3.31. The number of nitrogens with one attached hydrogen (secondary N) is 1. The summed E-state index contributed by atoms with van der Waals surface area (Å²) in [7, 11) is 0. The van der Waals surface area contributed by atoms with Crippen LogP contribution >= 0.6 is 11.3 Å². The van der Waals surface area contributed by atoms with Crippen molar-refractivity contribution < 1.29 is 4.79 Å². The summed E-state index contributed by atoms with van der Waals surface area (Å²) in [6.07, 6.45) is 9.19. The molecular weight excluding hydrogens is 394 g/mol. The van der Waals surface area contributed by atoms with Crippen LogP contribution in [-0.2, 0) is 4.79 Å². The van der Waals surface area contributed by atoms with E-state index in [-0.39, 0.29) is 5.91 Å². The molecule has 0 unspecified atom stereocenters. The minimum atomic E-state index is -0.0109. The highest BCUT2D eigenvalue weighted by molar-refractivity contribution is 7.15. The van der Waals surface area contributed by atoms with Gasteiger partial charge in [-0.05, 0) is 51.3 Å². The third kappa shape index (κ3) is 4.03. The van der Waals surface area contributed by atoms with Gasteiger partial charge in [-0.2, -0.15) is 0 Å². The van der Waals surface area contributed by atoms with Crippen molar-refractivity contribution in [2.75, 3.05) is 18.4 Å². The predicted octanol–water partition coefficient (Wildman–Crippen LogP) is 5.32. The molecule has 0 spiro atoms. The zero-order valence-electron chi connectivity index (χ0n) is 17.7. The fourth-order valence-corrected chi connectivity index (χ4v) is 4.54. The smallest absolute Gasteiger partial charge is 0.245 e. The molecule has 0 saturated heterocycles. The molecule has 0 radical (unpaired) electrons. The van der Waals surface area contributed by atoms with Gasteiger partial charge in [0, 0.05) is 47.9 Å². The number of anilines is 2. The Balaban J connectivity index is 1.75. The second-order valence-electron chi connectivity index (χ2n) is 7.80. The fourth-order valence-electron chi connectivity index (χ4n) is 3.86. The van der Waals surface area contributed by atoms with E-state index in [9.17, 15) is 4.79 Å². The second kappa shape index (κ2) is 8.44. The van der Waals surface area contributed by atoms with Crippen molar-refractivity contribution in [3.8, 4) is 0 Å². The number of aromatic nitrogens is 3. The van der Waals surface area contributed by atoms with E-state index in [0.29, 0.717) is 19.1 Å². The van der Waals surface area contributed by atoms with Crippen LogP contribution in [-0.4, -0.2) is 38.4 Å². The van der Waals surface area contributed by atoms with Crippen LogP contribution in [0.2, 0.25) is 0 Å². The van der Waals surface area contributed by atoms with Gasteiger partial charge in [0.2, 0.25) is 5.91 Å². The van der Waals surface area contributed by atoms with Crippen LogP contribution in [0.5, 0.6) is 0 Å². The van der Waals surface area contributed by atoms with E-state index in [4.69, 9.17) is 4.98 Å². The van der Waals surface area contributed by atoms with Gasteiger partial charge in [-0.25, -0.2) is 9.97 Å². The molecule has 30 heavy (non-hydrogen) atoms. The Morgan fingerprint density at radius 3 is 2.90 bits per heavy atom. The van der Waals surface area contributed by atoms with Gasteiger partial charge in [-0.1, -0.05) is 12.7 Å². The van der Waals surface area contributed by atoms with Crippen molar-refractivity contribution in [1.82, 2.24) is 19.4 Å². The van der Waals surface area contributed by atoms with Gasteiger partial charge in [0.1, 0.15) is 5.82 Å². The summed E-state index contributed by atoms with van der Waals surface area (Å²) >= 11 is 1.61. The van der Waals surface area contributed by atoms with E-state index in [1.807, 2.05) is 18.0 Å². The first-order valence-electron chi connectivity index (χ1n) is 10.3. The first-order valence-corrected chi connectivity index (χ1v) is 11.1. The van der Waals surface area contributed by atoms with Crippen LogP contribution in [0.1, 0.15) is 43.3 Å². The lowest BCUT2D eigenvalue weighted by molar-refractivity contribution is -0.125. The largest absolute Gasteiger partial charge is 0.345 e. The monoisotopic (exact) mass is 421 g/mol. The Kier molecular flexibility index (Phi) is 5.72. The molecule has 4 rings (SSSR count). The fraction of sp³-hybridized carbons (Fsp3) is 0.348. The number of carbonyl (C=O) groups excluding carboxylic acids is 1. The molecule has 0 fully saturated rings. The molecule has 6 nitrogen and oxygen atoms in total. The zero-order chi connectivity index (χ0) is 21.3. The average Bonchev–Trinajstić information content (AvgIpc) is 3.25. The molecule has 0 saturated carbocycles. The number of pyridine rings is 1. The van der Waals surface area contributed by atoms with Crippen molar-refractivity contribution in [2.24, 2.45) is 0 Å². The van der Waals surface area contributed by atoms with Gasteiger partial charge < -0.3 is 14.8 Å². The highest BCUT2D eigenvalue weighted by Gasteiger charge is 2.19. The topological polar surface area (TPSA) is 63.1 Å². The maximum Gasteiger partial charge on any atom is 0.245 e. The van der Waals surface area contributed by atoms with Crippen LogP contribution in [0.15, 0.2) is 43.3 Å². The van der Waals surface area contributed by atoms with E-state index in [1.165, 1.54) is 11.6 Å². The normalized spacial score (nSPS) is 14.7. The van der Waals surface area contributed by atoms with Gasteiger partial charge in [0.05, 0.1) is 11.2 Å². The molecule has 1 aliphatic heterocycles. The molecular formula is C23H27N5OS. The maximum atomic E-state index is 12.1. The second-order valence-corrected chi connectivity index (χ2v) is 9.04. The Bertz CT molecular complexity index is 1120. The van der Waals surface area contributed by atoms with E-state index in [0.717, 1.165) is 45.3 Å². The van der Waals surface area contributed by atoms with Crippen LogP contribution in [0, 0.1) is 6.92 Å². The quantitative estimate of drug-likeness (QED) is 0.567. The summed E-state index contributed by atoms with van der Waals surface area (Å²) in [5, 5.41) is 5.36. The van der Waals surface area contributed by atoms with Gasteiger partial charge in [-0.3, -0.25) is 4.79 Å². The van der Waals surface area contributed by atoms with Crippen molar-refractivity contribution in [3.05, 3.63) is 53.8 Å².